The highest BCUT2D eigenvalue weighted by atomic mass is 15.3. The van der Waals surface area contributed by atoms with Crippen LogP contribution >= 0.6 is 0 Å². The molecule has 3 rings (SSSR count). The molecular weight excluding hydrogens is 250 g/mol. The Balaban J connectivity index is 1.63. The second-order valence-corrected chi connectivity index (χ2v) is 5.55. The summed E-state index contributed by atoms with van der Waals surface area (Å²) in [6, 6.07) is 4.65. The van der Waals surface area contributed by atoms with Crippen LogP contribution in [0.5, 0.6) is 0 Å². The van der Waals surface area contributed by atoms with Crippen LogP contribution in [-0.4, -0.2) is 19.7 Å². The molecule has 5 nitrogen and oxygen atoms in total. The van der Waals surface area contributed by atoms with Crippen LogP contribution in [0.15, 0.2) is 18.3 Å². The van der Waals surface area contributed by atoms with Gasteiger partial charge >= 0.3 is 0 Å². The molecule has 1 N–H and O–H groups in total. The minimum absolute atomic E-state index is 0.598. The molecule has 0 spiro atoms. The van der Waals surface area contributed by atoms with Gasteiger partial charge in [0.2, 0.25) is 5.95 Å². The number of aromatic nitrogens is 4. The van der Waals surface area contributed by atoms with Gasteiger partial charge in [0.15, 0.2) is 0 Å². The highest BCUT2D eigenvalue weighted by Crippen LogP contribution is 2.28. The molecule has 1 saturated carbocycles. The first-order valence-electron chi connectivity index (χ1n) is 7.31. The van der Waals surface area contributed by atoms with Crippen molar-refractivity contribution in [2.24, 2.45) is 0 Å². The van der Waals surface area contributed by atoms with Crippen molar-refractivity contribution >= 4 is 5.95 Å². The van der Waals surface area contributed by atoms with Gasteiger partial charge in [0.05, 0.1) is 18.3 Å². The van der Waals surface area contributed by atoms with Gasteiger partial charge < -0.3 is 5.32 Å². The highest BCUT2D eigenvalue weighted by Gasteiger charge is 2.17. The summed E-state index contributed by atoms with van der Waals surface area (Å²) in [5, 5.41) is 7.90. The fraction of sp³-hybridized carbons (Fsp3) is 0.533. The van der Waals surface area contributed by atoms with Crippen LogP contribution in [0.25, 0.3) is 0 Å². The first kappa shape index (κ1) is 13.1. The van der Waals surface area contributed by atoms with Gasteiger partial charge in [0, 0.05) is 17.6 Å². The minimum atomic E-state index is 0.598. The number of aryl methyl sites for hydroxylation is 2. The molecule has 0 amide bonds. The lowest BCUT2D eigenvalue weighted by molar-refractivity contribution is 0.463. The average molecular weight is 271 g/mol. The Morgan fingerprint density at radius 3 is 2.60 bits per heavy atom. The number of nitrogens with one attached hydrogen (secondary N) is 1. The Bertz CT molecular complexity index is 563. The Kier molecular flexibility index (Phi) is 3.67. The number of nitrogens with zero attached hydrogens (tertiary/aromatic N) is 4. The SMILES string of the molecule is Cc1cc(C)nc(NCc2ccn(C3CCCC3)n2)n1. The summed E-state index contributed by atoms with van der Waals surface area (Å²) < 4.78 is 2.12. The van der Waals surface area contributed by atoms with Gasteiger partial charge in [-0.05, 0) is 38.8 Å². The lowest BCUT2D eigenvalue weighted by atomic mass is 10.3. The van der Waals surface area contributed by atoms with Gasteiger partial charge in [0.1, 0.15) is 0 Å². The van der Waals surface area contributed by atoms with Crippen LogP contribution in [0.3, 0.4) is 0 Å². The van der Waals surface area contributed by atoms with Crippen molar-refractivity contribution in [3.05, 3.63) is 35.4 Å². The predicted molar refractivity (Wildman–Crippen MR) is 78.6 cm³/mol. The first-order chi connectivity index (χ1) is 9.70. The molecule has 1 aliphatic carbocycles. The second kappa shape index (κ2) is 5.61. The van der Waals surface area contributed by atoms with E-state index in [-0.39, 0.29) is 0 Å². The van der Waals surface area contributed by atoms with Gasteiger partial charge in [0.25, 0.3) is 0 Å². The van der Waals surface area contributed by atoms with E-state index in [2.05, 4.69) is 37.3 Å². The highest BCUT2D eigenvalue weighted by molar-refractivity contribution is 5.28. The van der Waals surface area contributed by atoms with Crippen molar-refractivity contribution < 1.29 is 0 Å². The molecule has 1 aliphatic rings. The summed E-state index contributed by atoms with van der Waals surface area (Å²) in [5.41, 5.74) is 3.01. The quantitative estimate of drug-likeness (QED) is 0.928. The summed E-state index contributed by atoms with van der Waals surface area (Å²) in [4.78, 5) is 8.75. The van der Waals surface area contributed by atoms with E-state index in [0.29, 0.717) is 18.5 Å². The molecule has 1 fully saturated rings. The van der Waals surface area contributed by atoms with E-state index in [1.807, 2.05) is 19.9 Å². The topological polar surface area (TPSA) is 55.6 Å². The largest absolute Gasteiger partial charge is 0.348 e. The molecule has 106 valence electrons. The molecule has 2 aromatic rings. The van der Waals surface area contributed by atoms with Gasteiger partial charge in [-0.15, -0.1) is 0 Å². The van der Waals surface area contributed by atoms with Crippen LogP contribution in [-0.2, 0) is 6.54 Å². The third kappa shape index (κ3) is 2.98. The Hall–Kier alpha value is -1.91. The smallest absolute Gasteiger partial charge is 0.223 e. The van der Waals surface area contributed by atoms with Crippen molar-refractivity contribution in [3.63, 3.8) is 0 Å². The molecule has 0 saturated heterocycles. The molecular formula is C15H21N5. The van der Waals surface area contributed by atoms with Crippen molar-refractivity contribution in [3.8, 4) is 0 Å². The van der Waals surface area contributed by atoms with Gasteiger partial charge in [-0.1, -0.05) is 12.8 Å². The van der Waals surface area contributed by atoms with E-state index in [1.165, 1.54) is 25.7 Å². The van der Waals surface area contributed by atoms with E-state index in [4.69, 9.17) is 0 Å². The maximum Gasteiger partial charge on any atom is 0.223 e. The molecule has 0 atom stereocenters. The van der Waals surface area contributed by atoms with E-state index in [1.54, 1.807) is 0 Å². The van der Waals surface area contributed by atoms with Crippen molar-refractivity contribution in [2.45, 2.75) is 52.1 Å². The fourth-order valence-electron chi connectivity index (χ4n) is 2.82. The van der Waals surface area contributed by atoms with Crippen molar-refractivity contribution in [2.75, 3.05) is 5.32 Å². The summed E-state index contributed by atoms with van der Waals surface area (Å²) in [6.07, 6.45) is 7.27. The van der Waals surface area contributed by atoms with Gasteiger partial charge in [-0.3, -0.25) is 4.68 Å². The molecule has 2 aromatic heterocycles. The van der Waals surface area contributed by atoms with Crippen LogP contribution in [0.2, 0.25) is 0 Å². The number of rotatable bonds is 4. The van der Waals surface area contributed by atoms with Gasteiger partial charge in [-0.2, -0.15) is 5.10 Å². The van der Waals surface area contributed by atoms with Crippen LogP contribution in [0.4, 0.5) is 5.95 Å². The zero-order valence-electron chi connectivity index (χ0n) is 12.1. The molecule has 2 heterocycles. The third-order valence-electron chi connectivity index (χ3n) is 3.77. The standard InChI is InChI=1S/C15H21N5/c1-11-9-12(2)18-15(17-11)16-10-13-7-8-20(19-13)14-5-3-4-6-14/h7-9,14H,3-6,10H2,1-2H3,(H,16,17,18). The zero-order valence-corrected chi connectivity index (χ0v) is 12.1. The van der Waals surface area contributed by atoms with Gasteiger partial charge in [-0.25, -0.2) is 9.97 Å². The molecule has 0 aliphatic heterocycles. The van der Waals surface area contributed by atoms with Crippen LogP contribution in [0.1, 0.15) is 48.8 Å². The van der Waals surface area contributed by atoms with Crippen molar-refractivity contribution in [1.82, 2.24) is 19.7 Å². The second-order valence-electron chi connectivity index (χ2n) is 5.55. The number of hydrogen-bond acceptors (Lipinski definition) is 4. The van der Waals surface area contributed by atoms with Crippen LogP contribution < -0.4 is 5.32 Å². The molecule has 0 unspecified atom stereocenters. The van der Waals surface area contributed by atoms with Crippen LogP contribution in [0, 0.1) is 13.8 Å². The summed E-state index contributed by atoms with van der Waals surface area (Å²) in [7, 11) is 0. The predicted octanol–water partition coefficient (Wildman–Crippen LogP) is 3.02. The minimum Gasteiger partial charge on any atom is -0.348 e. The first-order valence-corrected chi connectivity index (χ1v) is 7.31. The molecule has 0 radical (unpaired) electrons. The Labute approximate surface area is 119 Å². The average Bonchev–Trinajstić information content (AvgIpc) is 3.06. The van der Waals surface area contributed by atoms with E-state index >= 15 is 0 Å². The monoisotopic (exact) mass is 271 g/mol. The maximum absolute atomic E-state index is 4.65. The van der Waals surface area contributed by atoms with Crippen molar-refractivity contribution in [1.29, 1.82) is 0 Å². The number of hydrogen-bond donors (Lipinski definition) is 1. The summed E-state index contributed by atoms with van der Waals surface area (Å²) >= 11 is 0. The molecule has 5 heteroatoms. The third-order valence-corrected chi connectivity index (χ3v) is 3.77. The molecule has 0 aromatic carbocycles. The van der Waals surface area contributed by atoms with E-state index < -0.39 is 0 Å². The van der Waals surface area contributed by atoms with E-state index in [0.717, 1.165) is 17.1 Å². The zero-order chi connectivity index (χ0) is 13.9. The lowest BCUT2D eigenvalue weighted by Gasteiger charge is -2.09. The number of anilines is 1. The summed E-state index contributed by atoms with van der Waals surface area (Å²) in [6.45, 7) is 4.63. The Morgan fingerprint density at radius 1 is 1.20 bits per heavy atom. The molecule has 20 heavy (non-hydrogen) atoms. The Morgan fingerprint density at radius 2 is 1.90 bits per heavy atom. The maximum atomic E-state index is 4.65. The fourth-order valence-corrected chi connectivity index (χ4v) is 2.82. The lowest BCUT2D eigenvalue weighted by Crippen LogP contribution is -2.08. The summed E-state index contributed by atoms with van der Waals surface area (Å²) in [5.74, 6) is 0.679. The van der Waals surface area contributed by atoms with E-state index in [9.17, 15) is 0 Å². The molecule has 0 bridgehead atoms. The normalized spacial score (nSPS) is 15.7.